The molecule has 0 aromatic rings. The van der Waals surface area contributed by atoms with Gasteiger partial charge in [0.2, 0.25) is 0 Å². The topological polar surface area (TPSA) is 70.5 Å². The molecule has 22 heavy (non-hydrogen) atoms. The van der Waals surface area contributed by atoms with Crippen molar-refractivity contribution >= 4 is 0 Å². The standard InChI is InChI=1S/C16H28FN5/c1-16(19)11-20-5-4-15(16)22-8-6-21(7-9-22)14-3-2-12(18)10-13(14)17/h10,15,20H,2-9,11,18-19H2,1H3. The predicted octanol–water partition coefficient (Wildman–Crippen LogP) is 0.501. The Morgan fingerprint density at radius 2 is 2.00 bits per heavy atom. The lowest BCUT2D eigenvalue weighted by Gasteiger charge is -2.48. The quantitative estimate of drug-likeness (QED) is 0.693. The summed E-state index contributed by atoms with van der Waals surface area (Å²) >= 11 is 0. The van der Waals surface area contributed by atoms with Gasteiger partial charge in [0.1, 0.15) is 5.83 Å². The molecule has 0 radical (unpaired) electrons. The summed E-state index contributed by atoms with van der Waals surface area (Å²) < 4.78 is 14.1. The van der Waals surface area contributed by atoms with Crippen LogP contribution in [0.1, 0.15) is 26.2 Å². The molecule has 2 unspecified atom stereocenters. The number of allylic oxidation sites excluding steroid dienone is 4. The second kappa shape index (κ2) is 6.18. The minimum atomic E-state index is -0.188. The summed E-state index contributed by atoms with van der Waals surface area (Å²) in [6.07, 6.45) is 4.05. The molecule has 124 valence electrons. The van der Waals surface area contributed by atoms with E-state index >= 15 is 0 Å². The summed E-state index contributed by atoms with van der Waals surface area (Å²) in [5.41, 5.74) is 13.5. The molecule has 2 heterocycles. The largest absolute Gasteiger partial charge is 0.402 e. The van der Waals surface area contributed by atoms with E-state index in [1.807, 2.05) is 0 Å². The fourth-order valence-electron chi connectivity index (χ4n) is 3.96. The molecule has 1 aliphatic carbocycles. The normalized spacial score (nSPS) is 34.8. The fourth-order valence-corrected chi connectivity index (χ4v) is 3.96. The first-order chi connectivity index (χ1) is 10.5. The van der Waals surface area contributed by atoms with Crippen molar-refractivity contribution in [2.24, 2.45) is 11.5 Å². The third kappa shape index (κ3) is 3.14. The lowest BCUT2D eigenvalue weighted by Crippen LogP contribution is -2.67. The van der Waals surface area contributed by atoms with Gasteiger partial charge in [-0.3, -0.25) is 4.90 Å². The zero-order valence-corrected chi connectivity index (χ0v) is 13.4. The Kier molecular flexibility index (Phi) is 4.43. The molecule has 5 N–H and O–H groups in total. The summed E-state index contributed by atoms with van der Waals surface area (Å²) in [6, 6.07) is 0.414. The van der Waals surface area contributed by atoms with Crippen LogP contribution in [0.25, 0.3) is 0 Å². The number of nitrogens with one attached hydrogen (secondary N) is 1. The maximum atomic E-state index is 14.1. The van der Waals surface area contributed by atoms with Crippen LogP contribution in [-0.2, 0) is 0 Å². The first-order valence-electron chi connectivity index (χ1n) is 8.31. The van der Waals surface area contributed by atoms with Gasteiger partial charge in [-0.2, -0.15) is 0 Å². The van der Waals surface area contributed by atoms with Crippen LogP contribution in [0.15, 0.2) is 23.3 Å². The number of rotatable bonds is 2. The molecule has 0 spiro atoms. The van der Waals surface area contributed by atoms with Crippen LogP contribution in [0.2, 0.25) is 0 Å². The van der Waals surface area contributed by atoms with Gasteiger partial charge in [0.25, 0.3) is 0 Å². The molecule has 0 amide bonds. The highest BCUT2D eigenvalue weighted by molar-refractivity contribution is 5.27. The number of piperazine rings is 1. The number of halogens is 1. The first-order valence-corrected chi connectivity index (χ1v) is 8.31. The van der Waals surface area contributed by atoms with Gasteiger partial charge in [-0.1, -0.05) is 0 Å². The van der Waals surface area contributed by atoms with Gasteiger partial charge in [0, 0.05) is 50.0 Å². The summed E-state index contributed by atoms with van der Waals surface area (Å²) in [4.78, 5) is 4.67. The molecule has 2 saturated heterocycles. The summed E-state index contributed by atoms with van der Waals surface area (Å²) in [6.45, 7) is 7.67. The van der Waals surface area contributed by atoms with Crippen molar-refractivity contribution in [1.29, 1.82) is 0 Å². The number of nitrogens with two attached hydrogens (primary N) is 2. The van der Waals surface area contributed by atoms with Crippen LogP contribution in [0, 0.1) is 0 Å². The van der Waals surface area contributed by atoms with Crippen molar-refractivity contribution in [2.45, 2.75) is 37.8 Å². The Labute approximate surface area is 132 Å². The number of hydrogen-bond acceptors (Lipinski definition) is 5. The Morgan fingerprint density at radius 1 is 1.27 bits per heavy atom. The average molecular weight is 309 g/mol. The predicted molar refractivity (Wildman–Crippen MR) is 86.7 cm³/mol. The maximum Gasteiger partial charge on any atom is 0.143 e. The molecule has 6 heteroatoms. The Hall–Kier alpha value is -1.11. The molecule has 0 bridgehead atoms. The van der Waals surface area contributed by atoms with E-state index in [1.54, 1.807) is 0 Å². The van der Waals surface area contributed by atoms with Crippen LogP contribution in [0.4, 0.5) is 4.39 Å². The number of nitrogens with zero attached hydrogens (tertiary/aromatic N) is 2. The van der Waals surface area contributed by atoms with Gasteiger partial charge >= 0.3 is 0 Å². The lowest BCUT2D eigenvalue weighted by molar-refractivity contribution is 0.0562. The number of piperidine rings is 1. The summed E-state index contributed by atoms with van der Waals surface area (Å²) in [5, 5.41) is 3.38. The SMILES string of the molecule is CC1(N)CNCCC1N1CCN(C2=C(F)C=C(N)CC2)CC1. The van der Waals surface area contributed by atoms with Crippen LogP contribution in [-0.4, -0.2) is 60.6 Å². The second-order valence-electron chi connectivity index (χ2n) is 7.02. The monoisotopic (exact) mass is 309 g/mol. The number of hydrogen-bond donors (Lipinski definition) is 3. The van der Waals surface area contributed by atoms with Gasteiger partial charge in [-0.25, -0.2) is 4.39 Å². The molecule has 0 aromatic carbocycles. The minimum absolute atomic E-state index is 0.150. The van der Waals surface area contributed by atoms with E-state index in [0.29, 0.717) is 11.7 Å². The smallest absolute Gasteiger partial charge is 0.143 e. The van der Waals surface area contributed by atoms with Gasteiger partial charge in [-0.05, 0) is 38.8 Å². The van der Waals surface area contributed by atoms with E-state index in [2.05, 4.69) is 22.0 Å². The van der Waals surface area contributed by atoms with Crippen LogP contribution in [0.5, 0.6) is 0 Å². The van der Waals surface area contributed by atoms with Gasteiger partial charge in [0.05, 0.1) is 5.70 Å². The van der Waals surface area contributed by atoms with Crippen molar-refractivity contribution in [3.05, 3.63) is 23.3 Å². The average Bonchev–Trinajstić information content (AvgIpc) is 2.47. The minimum Gasteiger partial charge on any atom is -0.402 e. The van der Waals surface area contributed by atoms with E-state index < -0.39 is 0 Å². The molecule has 3 aliphatic rings. The molecule has 2 atom stereocenters. The second-order valence-corrected chi connectivity index (χ2v) is 7.02. The molecule has 0 saturated carbocycles. The van der Waals surface area contributed by atoms with Crippen molar-refractivity contribution < 1.29 is 4.39 Å². The molecule has 0 aromatic heterocycles. The zero-order chi connectivity index (χ0) is 15.7. The molecular weight excluding hydrogens is 281 g/mol. The lowest BCUT2D eigenvalue weighted by atomic mass is 9.86. The summed E-state index contributed by atoms with van der Waals surface area (Å²) in [7, 11) is 0. The van der Waals surface area contributed by atoms with Crippen LogP contribution in [0.3, 0.4) is 0 Å². The van der Waals surface area contributed by atoms with E-state index in [9.17, 15) is 4.39 Å². The third-order valence-electron chi connectivity index (χ3n) is 5.24. The molecule has 2 fully saturated rings. The Bertz CT molecular complexity index is 477. The maximum absolute atomic E-state index is 14.1. The fraction of sp³-hybridized carbons (Fsp3) is 0.750. The molecule has 3 rings (SSSR count). The van der Waals surface area contributed by atoms with Gasteiger partial charge < -0.3 is 21.7 Å². The van der Waals surface area contributed by atoms with Crippen LogP contribution < -0.4 is 16.8 Å². The van der Waals surface area contributed by atoms with Crippen molar-refractivity contribution in [3.63, 3.8) is 0 Å². The van der Waals surface area contributed by atoms with Crippen molar-refractivity contribution in [2.75, 3.05) is 39.3 Å². The van der Waals surface area contributed by atoms with Crippen molar-refractivity contribution in [3.8, 4) is 0 Å². The third-order valence-corrected chi connectivity index (χ3v) is 5.24. The Morgan fingerprint density at radius 3 is 2.64 bits per heavy atom. The van der Waals surface area contributed by atoms with Gasteiger partial charge in [-0.15, -0.1) is 0 Å². The van der Waals surface area contributed by atoms with E-state index in [-0.39, 0.29) is 11.4 Å². The first kappa shape index (κ1) is 15.8. The highest BCUT2D eigenvalue weighted by atomic mass is 19.1. The van der Waals surface area contributed by atoms with E-state index in [4.69, 9.17) is 11.5 Å². The summed E-state index contributed by atoms with van der Waals surface area (Å²) in [5.74, 6) is -0.150. The highest BCUT2D eigenvalue weighted by Gasteiger charge is 2.38. The zero-order valence-electron chi connectivity index (χ0n) is 13.4. The van der Waals surface area contributed by atoms with Crippen molar-refractivity contribution in [1.82, 2.24) is 15.1 Å². The Balaban J connectivity index is 1.62. The van der Waals surface area contributed by atoms with E-state index in [1.165, 1.54) is 6.08 Å². The van der Waals surface area contributed by atoms with E-state index in [0.717, 1.165) is 64.2 Å². The molecule has 2 aliphatic heterocycles. The van der Waals surface area contributed by atoms with Crippen LogP contribution >= 0.6 is 0 Å². The molecular formula is C16H28FN5. The molecule has 5 nitrogen and oxygen atoms in total. The van der Waals surface area contributed by atoms with Gasteiger partial charge in [0.15, 0.2) is 0 Å². The highest BCUT2D eigenvalue weighted by Crippen LogP contribution is 2.28.